The summed E-state index contributed by atoms with van der Waals surface area (Å²) in [5, 5.41) is 12.5. The zero-order valence-electron chi connectivity index (χ0n) is 13.6. The van der Waals surface area contributed by atoms with Crippen molar-refractivity contribution in [3.8, 4) is 0 Å². The van der Waals surface area contributed by atoms with E-state index in [9.17, 15) is 19.2 Å². The van der Waals surface area contributed by atoms with Crippen LogP contribution in [0.3, 0.4) is 0 Å². The van der Waals surface area contributed by atoms with Crippen LogP contribution in [-0.4, -0.2) is 48.1 Å². The summed E-state index contributed by atoms with van der Waals surface area (Å²) < 4.78 is 0. The van der Waals surface area contributed by atoms with Crippen LogP contribution < -0.4 is 21.5 Å². The number of carbonyl (C=O) groups is 4. The van der Waals surface area contributed by atoms with Crippen LogP contribution in [-0.2, 0) is 19.2 Å². The lowest BCUT2D eigenvalue weighted by molar-refractivity contribution is -0.129. The first-order valence-electron chi connectivity index (χ1n) is 6.83. The van der Waals surface area contributed by atoms with Gasteiger partial charge in [-0.25, -0.2) is 10.9 Å². The number of rotatable bonds is 8. The topological polar surface area (TPSA) is 141 Å². The molecule has 0 aliphatic rings. The fourth-order valence-electron chi connectivity index (χ4n) is 1.12. The van der Waals surface area contributed by atoms with Crippen LogP contribution in [0.2, 0.25) is 0 Å². The van der Waals surface area contributed by atoms with E-state index in [0.29, 0.717) is 11.4 Å². The molecule has 4 amide bonds. The Hall–Kier alpha value is -2.78. The maximum atomic E-state index is 11.5. The number of hydrogen-bond donors (Lipinski definition) is 4. The Morgan fingerprint density at radius 3 is 1.35 bits per heavy atom. The standard InChI is InChI=1S/C13H22N6O4/c1-8(6-14-10(3)20)16-18-12(22)5-13(23)19-17-9(2)7-15-11(4)21/h5-7H2,1-4H3,(H,14,20)(H,15,21)(H,18,22)(H,19,23)/b16-8-,17-9-. The summed E-state index contributed by atoms with van der Waals surface area (Å²) in [7, 11) is 0. The van der Waals surface area contributed by atoms with Crippen LogP contribution in [0.5, 0.6) is 0 Å². The Balaban J connectivity index is 4.12. The second-order valence-corrected chi connectivity index (χ2v) is 4.76. The fraction of sp³-hybridized carbons (Fsp3) is 0.538. The molecule has 4 N–H and O–H groups in total. The van der Waals surface area contributed by atoms with Gasteiger partial charge in [0.2, 0.25) is 23.6 Å². The fourth-order valence-corrected chi connectivity index (χ4v) is 1.12. The first-order chi connectivity index (χ1) is 10.7. The third kappa shape index (κ3) is 12.7. The summed E-state index contributed by atoms with van der Waals surface area (Å²) >= 11 is 0. The molecule has 0 unspecified atom stereocenters. The molecule has 0 aliphatic heterocycles. The molecule has 0 bridgehead atoms. The molecule has 128 valence electrons. The molecule has 0 aromatic carbocycles. The molecule has 10 heteroatoms. The van der Waals surface area contributed by atoms with Gasteiger partial charge in [-0.1, -0.05) is 0 Å². The van der Waals surface area contributed by atoms with Gasteiger partial charge in [-0.2, -0.15) is 10.2 Å². The van der Waals surface area contributed by atoms with E-state index in [-0.39, 0.29) is 24.9 Å². The third-order valence-electron chi connectivity index (χ3n) is 2.25. The van der Waals surface area contributed by atoms with Crippen LogP contribution >= 0.6 is 0 Å². The predicted molar refractivity (Wildman–Crippen MR) is 84.5 cm³/mol. The van der Waals surface area contributed by atoms with Crippen molar-refractivity contribution in [1.82, 2.24) is 21.5 Å². The van der Waals surface area contributed by atoms with Gasteiger partial charge in [-0.15, -0.1) is 0 Å². The van der Waals surface area contributed by atoms with Crippen molar-refractivity contribution in [2.24, 2.45) is 10.2 Å². The molecule has 10 nitrogen and oxygen atoms in total. The highest BCUT2D eigenvalue weighted by Gasteiger charge is 2.08. The minimum absolute atomic E-state index is 0.203. The zero-order chi connectivity index (χ0) is 17.8. The van der Waals surface area contributed by atoms with Crippen LogP contribution in [0, 0.1) is 0 Å². The number of amides is 4. The van der Waals surface area contributed by atoms with Gasteiger partial charge in [0.1, 0.15) is 6.42 Å². The Kier molecular flexibility index (Phi) is 9.56. The normalized spacial score (nSPS) is 11.5. The van der Waals surface area contributed by atoms with Crippen LogP contribution in [0.15, 0.2) is 10.2 Å². The highest BCUT2D eigenvalue weighted by atomic mass is 16.2. The summed E-state index contributed by atoms with van der Waals surface area (Å²) in [6.45, 7) is 6.37. The van der Waals surface area contributed by atoms with Gasteiger partial charge >= 0.3 is 0 Å². The lowest BCUT2D eigenvalue weighted by Gasteiger charge is -2.04. The molecule has 0 saturated carbocycles. The summed E-state index contributed by atoms with van der Waals surface area (Å²) in [6.07, 6.45) is -0.451. The first kappa shape index (κ1) is 20.2. The molecule has 0 aliphatic carbocycles. The molecule has 23 heavy (non-hydrogen) atoms. The highest BCUT2D eigenvalue weighted by Crippen LogP contribution is 1.83. The molecular weight excluding hydrogens is 304 g/mol. The third-order valence-corrected chi connectivity index (χ3v) is 2.25. The van der Waals surface area contributed by atoms with E-state index < -0.39 is 18.2 Å². The average molecular weight is 326 g/mol. The van der Waals surface area contributed by atoms with Crippen molar-refractivity contribution >= 4 is 35.1 Å². The van der Waals surface area contributed by atoms with E-state index in [4.69, 9.17) is 0 Å². The van der Waals surface area contributed by atoms with Crippen molar-refractivity contribution in [2.45, 2.75) is 34.1 Å². The van der Waals surface area contributed by atoms with Gasteiger partial charge in [0, 0.05) is 13.8 Å². The van der Waals surface area contributed by atoms with E-state index in [1.807, 2.05) is 0 Å². The molecule has 0 fully saturated rings. The minimum atomic E-state index is -0.612. The van der Waals surface area contributed by atoms with Gasteiger partial charge in [0.05, 0.1) is 24.5 Å². The van der Waals surface area contributed by atoms with Crippen LogP contribution in [0.1, 0.15) is 34.1 Å². The molecular formula is C13H22N6O4. The van der Waals surface area contributed by atoms with E-state index in [2.05, 4.69) is 31.7 Å². The van der Waals surface area contributed by atoms with Gasteiger partial charge in [-0.3, -0.25) is 19.2 Å². The first-order valence-corrected chi connectivity index (χ1v) is 6.83. The Labute approximate surface area is 134 Å². The summed E-state index contributed by atoms with van der Waals surface area (Å²) in [6, 6.07) is 0. The molecule has 0 aromatic heterocycles. The predicted octanol–water partition coefficient (Wildman–Crippen LogP) is -1.37. The number of hydrogen-bond acceptors (Lipinski definition) is 6. The number of nitrogens with zero attached hydrogens (tertiary/aromatic N) is 2. The number of nitrogens with one attached hydrogen (secondary N) is 4. The lowest BCUT2D eigenvalue weighted by Crippen LogP contribution is -2.31. The van der Waals surface area contributed by atoms with E-state index >= 15 is 0 Å². The van der Waals surface area contributed by atoms with Crippen LogP contribution in [0.4, 0.5) is 0 Å². The second-order valence-electron chi connectivity index (χ2n) is 4.76. The quantitative estimate of drug-likeness (QED) is 0.248. The smallest absolute Gasteiger partial charge is 0.249 e. The monoisotopic (exact) mass is 326 g/mol. The molecule has 0 saturated heterocycles. The van der Waals surface area contributed by atoms with Crippen molar-refractivity contribution in [1.29, 1.82) is 0 Å². The average Bonchev–Trinajstić information content (AvgIpc) is 2.46. The Bertz CT molecular complexity index is 481. The number of carbonyl (C=O) groups excluding carboxylic acids is 4. The molecule has 0 aromatic rings. The SMILES string of the molecule is CC(=O)NC/C(C)=N\NC(=O)CC(=O)N/N=C(/C)CNC(C)=O. The van der Waals surface area contributed by atoms with Crippen molar-refractivity contribution in [3.63, 3.8) is 0 Å². The summed E-state index contributed by atoms with van der Waals surface area (Å²) in [5.41, 5.74) is 5.36. The lowest BCUT2D eigenvalue weighted by atomic mass is 10.4. The van der Waals surface area contributed by atoms with Gasteiger partial charge in [0.15, 0.2) is 0 Å². The van der Waals surface area contributed by atoms with E-state index in [1.165, 1.54) is 13.8 Å². The maximum Gasteiger partial charge on any atom is 0.249 e. The van der Waals surface area contributed by atoms with Crippen LogP contribution in [0.25, 0.3) is 0 Å². The number of hydrazone groups is 2. The zero-order valence-corrected chi connectivity index (χ0v) is 13.6. The molecule has 0 heterocycles. The summed E-state index contributed by atoms with van der Waals surface area (Å²) in [5.74, 6) is -1.64. The van der Waals surface area contributed by atoms with Crippen molar-refractivity contribution < 1.29 is 19.2 Å². The van der Waals surface area contributed by atoms with E-state index in [1.54, 1.807) is 13.8 Å². The molecule has 0 radical (unpaired) electrons. The molecule has 0 atom stereocenters. The van der Waals surface area contributed by atoms with Gasteiger partial charge in [-0.05, 0) is 13.8 Å². The highest BCUT2D eigenvalue weighted by molar-refractivity contribution is 5.98. The van der Waals surface area contributed by atoms with Crippen molar-refractivity contribution in [3.05, 3.63) is 0 Å². The molecule has 0 rings (SSSR count). The molecule has 0 spiro atoms. The Morgan fingerprint density at radius 1 is 0.696 bits per heavy atom. The second kappa shape index (κ2) is 10.9. The largest absolute Gasteiger partial charge is 0.351 e. The summed E-state index contributed by atoms with van der Waals surface area (Å²) in [4.78, 5) is 44.4. The van der Waals surface area contributed by atoms with Crippen molar-refractivity contribution in [2.75, 3.05) is 13.1 Å². The maximum absolute atomic E-state index is 11.5. The minimum Gasteiger partial charge on any atom is -0.351 e. The van der Waals surface area contributed by atoms with Gasteiger partial charge in [0.25, 0.3) is 0 Å². The Morgan fingerprint density at radius 2 is 1.04 bits per heavy atom. The van der Waals surface area contributed by atoms with E-state index in [0.717, 1.165) is 0 Å². The van der Waals surface area contributed by atoms with Gasteiger partial charge < -0.3 is 10.6 Å².